The lowest BCUT2D eigenvalue weighted by atomic mass is 10.1. The zero-order chi connectivity index (χ0) is 20.3. The van der Waals surface area contributed by atoms with Crippen LogP contribution in [0.25, 0.3) is 10.2 Å². The quantitative estimate of drug-likeness (QED) is 0.286. The van der Waals surface area contributed by atoms with E-state index < -0.39 is 5.97 Å². The van der Waals surface area contributed by atoms with Gasteiger partial charge in [0.05, 0.1) is 18.0 Å². The number of aryl methyl sites for hydroxylation is 2. The largest absolute Gasteiger partial charge is 0.618 e. The third-order valence-corrected chi connectivity index (χ3v) is 5.93. The Bertz CT molecular complexity index is 1050. The summed E-state index contributed by atoms with van der Waals surface area (Å²) < 4.78 is 5.84. The topological polar surface area (TPSA) is 95.2 Å². The van der Waals surface area contributed by atoms with Crippen molar-refractivity contribution in [3.05, 3.63) is 51.8 Å². The summed E-state index contributed by atoms with van der Waals surface area (Å²) in [5, 5.41) is 15.7. The number of carbonyl (C=O) groups excluding carboxylic acids is 2. The summed E-state index contributed by atoms with van der Waals surface area (Å²) >= 11 is 2.32. The van der Waals surface area contributed by atoms with Gasteiger partial charge in [0, 0.05) is 23.2 Å². The highest BCUT2D eigenvalue weighted by Gasteiger charge is 2.23. The molecular formula is C19H19N3O4S2. The van der Waals surface area contributed by atoms with Crippen molar-refractivity contribution in [1.82, 2.24) is 4.98 Å². The minimum atomic E-state index is -0.494. The van der Waals surface area contributed by atoms with Crippen LogP contribution in [0.5, 0.6) is 0 Å². The first kappa shape index (κ1) is 20.1. The van der Waals surface area contributed by atoms with Crippen molar-refractivity contribution >= 4 is 50.9 Å². The molecule has 0 aliphatic carbocycles. The summed E-state index contributed by atoms with van der Waals surface area (Å²) in [5.74, 6) is -0.783. The summed E-state index contributed by atoms with van der Waals surface area (Å²) in [4.78, 5) is 30.4. The smallest absolute Gasteiger partial charge is 0.350 e. The van der Waals surface area contributed by atoms with E-state index in [1.165, 1.54) is 17.5 Å². The maximum Gasteiger partial charge on any atom is 0.350 e. The molecule has 0 saturated carbocycles. The second-order valence-electron chi connectivity index (χ2n) is 5.99. The van der Waals surface area contributed by atoms with Crippen molar-refractivity contribution in [3.8, 4) is 0 Å². The van der Waals surface area contributed by atoms with E-state index in [9.17, 15) is 14.8 Å². The molecule has 0 fully saturated rings. The molecule has 146 valence electrons. The van der Waals surface area contributed by atoms with E-state index in [0.29, 0.717) is 25.2 Å². The molecule has 1 amide bonds. The van der Waals surface area contributed by atoms with Crippen LogP contribution < -0.4 is 10.0 Å². The molecule has 3 aromatic rings. The van der Waals surface area contributed by atoms with Gasteiger partial charge < -0.3 is 15.3 Å². The number of aromatic nitrogens is 2. The molecule has 3 aromatic heterocycles. The lowest BCUT2D eigenvalue weighted by Gasteiger charge is -2.08. The van der Waals surface area contributed by atoms with E-state index in [1.807, 2.05) is 19.9 Å². The van der Waals surface area contributed by atoms with Crippen LogP contribution in [0, 0.1) is 19.1 Å². The van der Waals surface area contributed by atoms with Crippen LogP contribution in [0.3, 0.4) is 0 Å². The minimum Gasteiger partial charge on any atom is -0.618 e. The zero-order valence-electron chi connectivity index (χ0n) is 15.6. The molecule has 0 spiro atoms. The van der Waals surface area contributed by atoms with Gasteiger partial charge in [-0.05, 0) is 50.2 Å². The van der Waals surface area contributed by atoms with Crippen molar-refractivity contribution in [3.63, 3.8) is 0 Å². The molecule has 9 heteroatoms. The first-order chi connectivity index (χ1) is 13.4. The maximum atomic E-state index is 12.5. The van der Waals surface area contributed by atoms with Gasteiger partial charge in [-0.15, -0.1) is 11.3 Å². The predicted molar refractivity (Wildman–Crippen MR) is 110 cm³/mol. The molecule has 1 N–H and O–H groups in total. The third kappa shape index (κ3) is 4.26. The molecule has 0 aliphatic heterocycles. The number of nitrogens with zero attached hydrogens (tertiary/aromatic N) is 2. The number of nitrogens with one attached hydrogen (secondary N) is 1. The van der Waals surface area contributed by atoms with E-state index in [-0.39, 0.29) is 18.3 Å². The van der Waals surface area contributed by atoms with E-state index in [1.54, 1.807) is 25.1 Å². The Hall–Kier alpha value is -2.65. The van der Waals surface area contributed by atoms with Crippen LogP contribution in [0.1, 0.15) is 27.9 Å². The fraction of sp³-hybridized carbons (Fsp3) is 0.263. The van der Waals surface area contributed by atoms with E-state index >= 15 is 0 Å². The van der Waals surface area contributed by atoms with Crippen LogP contribution in [0.4, 0.5) is 5.69 Å². The van der Waals surface area contributed by atoms with Gasteiger partial charge in [0.15, 0.2) is 6.20 Å². The number of ether oxygens (including phenoxy) is 1. The molecule has 28 heavy (non-hydrogen) atoms. The number of amides is 1. The Labute approximate surface area is 170 Å². The second-order valence-corrected chi connectivity index (χ2v) is 7.98. The maximum absolute atomic E-state index is 12.5. The molecule has 0 aromatic carbocycles. The Balaban J connectivity index is 1.90. The fourth-order valence-corrected chi connectivity index (χ4v) is 4.60. The molecule has 3 rings (SSSR count). The van der Waals surface area contributed by atoms with Crippen LogP contribution in [-0.2, 0) is 9.53 Å². The average Bonchev–Trinajstić information content (AvgIpc) is 2.99. The summed E-state index contributed by atoms with van der Waals surface area (Å²) in [6, 6.07) is 6.90. The third-order valence-electron chi connectivity index (χ3n) is 3.85. The van der Waals surface area contributed by atoms with Gasteiger partial charge >= 0.3 is 5.97 Å². The molecule has 0 bridgehead atoms. The molecule has 0 unspecified atom stereocenters. The zero-order valence-corrected chi connectivity index (χ0v) is 17.3. The van der Waals surface area contributed by atoms with Crippen molar-refractivity contribution in [2.75, 3.05) is 17.7 Å². The Morgan fingerprint density at radius 2 is 2.14 bits per heavy atom. The highest BCUT2D eigenvalue weighted by atomic mass is 32.2. The van der Waals surface area contributed by atoms with Crippen LogP contribution in [0.2, 0.25) is 0 Å². The van der Waals surface area contributed by atoms with Gasteiger partial charge in [0.2, 0.25) is 5.91 Å². The van der Waals surface area contributed by atoms with Crippen LogP contribution >= 0.6 is 23.1 Å². The van der Waals surface area contributed by atoms with E-state index in [0.717, 1.165) is 28.4 Å². The first-order valence-electron chi connectivity index (χ1n) is 8.59. The number of carbonyl (C=O) groups is 2. The molecule has 0 atom stereocenters. The molecule has 7 nitrogen and oxygen atoms in total. The summed E-state index contributed by atoms with van der Waals surface area (Å²) in [6.07, 6.45) is 1.38. The Kier molecular flexibility index (Phi) is 6.15. The van der Waals surface area contributed by atoms with Crippen LogP contribution in [0.15, 0.2) is 35.5 Å². The Morgan fingerprint density at radius 3 is 2.86 bits per heavy atom. The molecule has 3 heterocycles. The van der Waals surface area contributed by atoms with Crippen molar-refractivity contribution in [2.24, 2.45) is 0 Å². The summed E-state index contributed by atoms with van der Waals surface area (Å²) in [6.45, 7) is 5.75. The predicted octanol–water partition coefficient (Wildman–Crippen LogP) is 3.45. The van der Waals surface area contributed by atoms with Crippen LogP contribution in [-0.4, -0.2) is 29.2 Å². The highest BCUT2D eigenvalue weighted by Crippen LogP contribution is 2.37. The minimum absolute atomic E-state index is 0.0319. The SMILES string of the molecule is CCOC(=O)c1sc2nc(C)cc(C)c2c1NC(=O)CSc1cccc[n+]1[O-]. The van der Waals surface area contributed by atoms with E-state index in [4.69, 9.17) is 4.74 Å². The van der Waals surface area contributed by atoms with Gasteiger partial charge in [0.25, 0.3) is 5.03 Å². The number of rotatable bonds is 6. The monoisotopic (exact) mass is 417 g/mol. The first-order valence-corrected chi connectivity index (χ1v) is 10.4. The highest BCUT2D eigenvalue weighted by molar-refractivity contribution is 7.99. The Morgan fingerprint density at radius 1 is 1.36 bits per heavy atom. The number of thiophene rings is 1. The molecular weight excluding hydrogens is 398 g/mol. The van der Waals surface area contributed by atoms with Crippen molar-refractivity contribution in [2.45, 2.75) is 25.8 Å². The number of thioether (sulfide) groups is 1. The average molecular weight is 418 g/mol. The number of esters is 1. The van der Waals surface area contributed by atoms with Crippen molar-refractivity contribution in [1.29, 1.82) is 0 Å². The van der Waals surface area contributed by atoms with Gasteiger partial charge in [-0.3, -0.25) is 4.79 Å². The van der Waals surface area contributed by atoms with Gasteiger partial charge in [-0.1, -0.05) is 0 Å². The number of fused-ring (bicyclic) bond motifs is 1. The fourth-order valence-electron chi connectivity index (χ4n) is 2.74. The van der Waals surface area contributed by atoms with Crippen molar-refractivity contribution < 1.29 is 19.1 Å². The standard InChI is InChI=1S/C19H19N3O4S2/c1-4-26-19(24)17-16(15-11(2)9-12(3)20-18(15)28-17)21-13(23)10-27-14-7-5-6-8-22(14)25/h5-9H,4,10H2,1-3H3,(H,21,23). The normalized spacial score (nSPS) is 10.8. The molecule has 0 saturated heterocycles. The lowest BCUT2D eigenvalue weighted by molar-refractivity contribution is -0.645. The number of hydrogen-bond acceptors (Lipinski definition) is 7. The summed E-state index contributed by atoms with van der Waals surface area (Å²) in [7, 11) is 0. The number of hydrogen-bond donors (Lipinski definition) is 1. The number of anilines is 1. The van der Waals surface area contributed by atoms with Gasteiger partial charge in [-0.2, -0.15) is 4.73 Å². The van der Waals surface area contributed by atoms with E-state index in [2.05, 4.69) is 10.3 Å². The lowest BCUT2D eigenvalue weighted by Crippen LogP contribution is -2.28. The number of pyridine rings is 2. The summed E-state index contributed by atoms with van der Waals surface area (Å²) in [5.41, 5.74) is 2.16. The van der Waals surface area contributed by atoms with Gasteiger partial charge in [-0.25, -0.2) is 9.78 Å². The molecule has 0 radical (unpaired) electrons. The van der Waals surface area contributed by atoms with Gasteiger partial charge in [0.1, 0.15) is 9.71 Å². The second kappa shape index (κ2) is 8.57. The molecule has 0 aliphatic rings.